The Morgan fingerprint density at radius 3 is 2.59 bits per heavy atom. The van der Waals surface area contributed by atoms with E-state index in [9.17, 15) is 4.79 Å². The number of carbonyl (C=O) groups is 1. The van der Waals surface area contributed by atoms with Crippen molar-refractivity contribution in [3.63, 3.8) is 0 Å². The average Bonchev–Trinajstić information content (AvgIpc) is 3.35. The summed E-state index contributed by atoms with van der Waals surface area (Å²) in [5.74, 6) is 2.13. The Balaban J connectivity index is 1.45. The summed E-state index contributed by atoms with van der Waals surface area (Å²) in [4.78, 5) is 44.5. The Morgan fingerprint density at radius 1 is 1.14 bits per heavy atom. The molecule has 1 aliphatic heterocycles. The van der Waals surface area contributed by atoms with Crippen molar-refractivity contribution in [1.82, 2.24) is 30.4 Å². The third-order valence-electron chi connectivity index (χ3n) is 5.75. The van der Waals surface area contributed by atoms with Gasteiger partial charge in [0.05, 0.1) is 49.8 Å². The largest absolute Gasteiger partial charge is 0.481 e. The van der Waals surface area contributed by atoms with E-state index in [4.69, 9.17) is 19.4 Å². The molecule has 1 saturated heterocycles. The van der Waals surface area contributed by atoms with Gasteiger partial charge in [-0.2, -0.15) is 0 Å². The maximum Gasteiger partial charge on any atom is 0.277 e. The Kier molecular flexibility index (Phi) is 7.35. The second-order valence-corrected chi connectivity index (χ2v) is 9.39. The fourth-order valence-corrected chi connectivity index (χ4v) is 5.05. The summed E-state index contributed by atoms with van der Waals surface area (Å²) in [6.45, 7) is 3.39. The zero-order valence-electron chi connectivity index (χ0n) is 20.7. The number of thiophene rings is 1. The van der Waals surface area contributed by atoms with Crippen molar-refractivity contribution in [2.75, 3.05) is 57.4 Å². The van der Waals surface area contributed by atoms with Crippen molar-refractivity contribution in [2.45, 2.75) is 6.54 Å². The predicted octanol–water partition coefficient (Wildman–Crippen LogP) is 2.32. The monoisotopic (exact) mass is 522 g/mol. The molecule has 192 valence electrons. The number of nitrogens with one attached hydrogen (secondary N) is 1. The van der Waals surface area contributed by atoms with Crippen molar-refractivity contribution >= 4 is 39.2 Å². The molecule has 1 fully saturated rings. The van der Waals surface area contributed by atoms with E-state index >= 15 is 0 Å². The molecule has 5 heterocycles. The maximum atomic E-state index is 11.9. The highest BCUT2D eigenvalue weighted by Gasteiger charge is 2.21. The molecule has 1 N–H and O–H groups in total. The van der Waals surface area contributed by atoms with Gasteiger partial charge in [-0.05, 0) is 12.1 Å². The van der Waals surface area contributed by atoms with Crippen LogP contribution in [0.4, 0.5) is 11.8 Å². The van der Waals surface area contributed by atoms with Gasteiger partial charge in [0.1, 0.15) is 0 Å². The van der Waals surface area contributed by atoms with Gasteiger partial charge in [-0.3, -0.25) is 9.63 Å². The number of nitrogens with zero attached hydrogens (tertiary/aromatic N) is 7. The number of anilines is 2. The number of rotatable bonds is 8. The number of carbonyl (C=O) groups excluding carboxylic acids is 1. The van der Waals surface area contributed by atoms with E-state index in [0.29, 0.717) is 43.0 Å². The maximum absolute atomic E-state index is 11.9. The van der Waals surface area contributed by atoms with Gasteiger partial charge in [0.2, 0.25) is 11.8 Å². The van der Waals surface area contributed by atoms with E-state index in [0.717, 1.165) is 39.6 Å². The molecule has 37 heavy (non-hydrogen) atoms. The van der Waals surface area contributed by atoms with Gasteiger partial charge in [-0.15, -0.1) is 11.3 Å². The number of morpholine rings is 1. The highest BCUT2D eigenvalue weighted by Crippen LogP contribution is 2.35. The number of hydroxylamine groups is 1. The van der Waals surface area contributed by atoms with E-state index in [1.54, 1.807) is 30.7 Å². The molecule has 0 aromatic carbocycles. The van der Waals surface area contributed by atoms with Gasteiger partial charge in [0, 0.05) is 55.2 Å². The van der Waals surface area contributed by atoms with Gasteiger partial charge in [0.25, 0.3) is 5.91 Å². The Bertz CT molecular complexity index is 1370. The molecule has 0 aliphatic carbocycles. The van der Waals surface area contributed by atoms with Gasteiger partial charge in [-0.25, -0.2) is 30.4 Å². The van der Waals surface area contributed by atoms with Crippen LogP contribution >= 0.6 is 11.3 Å². The summed E-state index contributed by atoms with van der Waals surface area (Å²) in [5.41, 5.74) is 4.24. The first-order valence-electron chi connectivity index (χ1n) is 11.6. The summed E-state index contributed by atoms with van der Waals surface area (Å²) in [6.07, 6.45) is 4.66. The number of pyridine rings is 1. The number of ether oxygens (including phenoxy) is 2. The first-order valence-corrected chi connectivity index (χ1v) is 12.4. The van der Waals surface area contributed by atoms with E-state index < -0.39 is 5.91 Å². The molecule has 1 aliphatic rings. The second-order valence-electron chi connectivity index (χ2n) is 8.25. The first-order chi connectivity index (χ1) is 18.1. The molecule has 5 rings (SSSR count). The quantitative estimate of drug-likeness (QED) is 0.342. The Morgan fingerprint density at radius 2 is 1.92 bits per heavy atom. The van der Waals surface area contributed by atoms with Gasteiger partial charge in [-0.1, -0.05) is 0 Å². The Labute approximate surface area is 217 Å². The van der Waals surface area contributed by atoms with Crippen LogP contribution in [0.5, 0.6) is 5.88 Å². The third kappa shape index (κ3) is 5.43. The fraction of sp³-hybridized carbons (Fsp3) is 0.333. The molecule has 1 amide bonds. The summed E-state index contributed by atoms with van der Waals surface area (Å²) in [5, 5.41) is 0. The van der Waals surface area contributed by atoms with Crippen LogP contribution in [0.2, 0.25) is 0 Å². The van der Waals surface area contributed by atoms with Gasteiger partial charge < -0.3 is 19.3 Å². The average molecular weight is 523 g/mol. The van der Waals surface area contributed by atoms with Crippen LogP contribution < -0.4 is 20.0 Å². The van der Waals surface area contributed by atoms with Crippen molar-refractivity contribution in [3.8, 4) is 17.3 Å². The van der Waals surface area contributed by atoms with E-state index in [-0.39, 0.29) is 0 Å². The summed E-state index contributed by atoms with van der Waals surface area (Å²) in [6, 6.07) is 5.78. The molecule has 0 atom stereocenters. The molecule has 0 spiro atoms. The molecular weight excluding hydrogens is 496 g/mol. The van der Waals surface area contributed by atoms with Crippen LogP contribution in [0, 0.1) is 0 Å². The number of hydrogen-bond donors (Lipinski definition) is 1. The lowest BCUT2D eigenvalue weighted by molar-refractivity contribution is 0.0537. The van der Waals surface area contributed by atoms with Crippen LogP contribution in [-0.2, 0) is 16.1 Å². The minimum absolute atomic E-state index is 0.312. The van der Waals surface area contributed by atoms with Gasteiger partial charge >= 0.3 is 0 Å². The molecule has 0 radical (unpaired) electrons. The van der Waals surface area contributed by atoms with E-state index in [2.05, 4.69) is 36.2 Å². The molecule has 0 bridgehead atoms. The minimum Gasteiger partial charge on any atom is -0.481 e. The molecule has 4 aromatic rings. The summed E-state index contributed by atoms with van der Waals surface area (Å²) in [7, 11) is 4.86. The molecule has 4 aromatic heterocycles. The lowest BCUT2D eigenvalue weighted by Crippen LogP contribution is -2.36. The standard InChI is InChI=1S/C24H26N8O4S/c1-31(24-26-12-16(13-27-24)23(33)30-35-3)14-17-10-18-20(37-17)22(32-6-8-36-9-7-32)29-21(28-18)15-4-5-19(34-2)25-11-15/h4-5,10-13H,6-9,14H2,1-3H3,(H,30,33). The fourth-order valence-electron chi connectivity index (χ4n) is 3.89. The molecule has 0 saturated carbocycles. The van der Waals surface area contributed by atoms with Crippen LogP contribution in [0.25, 0.3) is 21.6 Å². The number of fused-ring (bicyclic) bond motifs is 1. The molecule has 0 unspecified atom stereocenters. The van der Waals surface area contributed by atoms with Crippen molar-refractivity contribution in [3.05, 3.63) is 47.2 Å². The van der Waals surface area contributed by atoms with Crippen LogP contribution in [0.3, 0.4) is 0 Å². The molecule has 12 nitrogen and oxygen atoms in total. The first kappa shape index (κ1) is 24.7. The smallest absolute Gasteiger partial charge is 0.277 e. The zero-order valence-corrected chi connectivity index (χ0v) is 21.5. The van der Waals surface area contributed by atoms with E-state index in [1.807, 2.05) is 18.0 Å². The third-order valence-corrected chi connectivity index (χ3v) is 6.85. The number of amides is 1. The van der Waals surface area contributed by atoms with Crippen molar-refractivity contribution in [2.24, 2.45) is 0 Å². The Hall–Kier alpha value is -3.94. The van der Waals surface area contributed by atoms with Crippen LogP contribution in [-0.4, -0.2) is 78.4 Å². The second kappa shape index (κ2) is 11.0. The summed E-state index contributed by atoms with van der Waals surface area (Å²) < 4.78 is 11.8. The van der Waals surface area contributed by atoms with Crippen LogP contribution in [0.15, 0.2) is 36.8 Å². The number of aromatic nitrogens is 5. The highest BCUT2D eigenvalue weighted by atomic mass is 32.1. The highest BCUT2D eigenvalue weighted by molar-refractivity contribution is 7.19. The minimum atomic E-state index is -0.404. The molecular formula is C24H26N8O4S. The van der Waals surface area contributed by atoms with Crippen molar-refractivity contribution in [1.29, 1.82) is 0 Å². The topological polar surface area (TPSA) is 128 Å². The lowest BCUT2D eigenvalue weighted by Gasteiger charge is -2.28. The normalized spacial score (nSPS) is 13.5. The zero-order chi connectivity index (χ0) is 25.8. The predicted molar refractivity (Wildman–Crippen MR) is 139 cm³/mol. The van der Waals surface area contributed by atoms with Crippen molar-refractivity contribution < 1.29 is 19.1 Å². The molecule has 13 heteroatoms. The number of hydrogen-bond acceptors (Lipinski definition) is 12. The van der Waals surface area contributed by atoms with E-state index in [1.165, 1.54) is 19.5 Å². The SMILES string of the molecule is CONC(=O)c1cnc(N(C)Cc2cc3nc(-c4ccc(OC)nc4)nc(N4CCOCC4)c3s2)nc1. The number of methoxy groups -OCH3 is 1. The summed E-state index contributed by atoms with van der Waals surface area (Å²) >= 11 is 1.64. The van der Waals surface area contributed by atoms with Crippen LogP contribution in [0.1, 0.15) is 15.2 Å². The lowest BCUT2D eigenvalue weighted by atomic mass is 10.2. The van der Waals surface area contributed by atoms with Gasteiger partial charge in [0.15, 0.2) is 11.6 Å².